The number of carbonyl (C=O) groups excluding carboxylic acids is 1. The highest BCUT2D eigenvalue weighted by atomic mass is 32.2. The summed E-state index contributed by atoms with van der Waals surface area (Å²) in [6.45, 7) is 1.51. The molecular weight excluding hydrogens is 583 g/mol. The van der Waals surface area contributed by atoms with Crippen LogP contribution in [0.1, 0.15) is 67.6 Å². The molecule has 0 saturated heterocycles. The summed E-state index contributed by atoms with van der Waals surface area (Å²) in [5.74, 6) is 0.190. The number of pyridine rings is 1. The molecule has 12 heteroatoms. The molecule has 2 aliphatic rings. The molecule has 1 unspecified atom stereocenters. The van der Waals surface area contributed by atoms with Gasteiger partial charge in [0.15, 0.2) is 5.78 Å². The van der Waals surface area contributed by atoms with Gasteiger partial charge >= 0.3 is 0 Å². The average molecular weight is 617 g/mol. The maximum atomic E-state index is 16.6. The fraction of sp³-hybridized carbons (Fsp3) is 0.375. The third kappa shape index (κ3) is 6.17. The number of alkyl halides is 1. The Hall–Kier alpha value is -4.32. The second-order valence-electron chi connectivity index (χ2n) is 11.2. The molecule has 3 aromatic heterocycles. The van der Waals surface area contributed by atoms with Gasteiger partial charge in [-0.25, -0.2) is 32.1 Å². The van der Waals surface area contributed by atoms with Crippen molar-refractivity contribution in [2.45, 2.75) is 68.8 Å². The number of benzene rings is 1. The number of Topliss-reactive ketones (excluding diaryl/α,β-unsaturated/α-hetero) is 1. The van der Waals surface area contributed by atoms with Gasteiger partial charge in [0, 0.05) is 35.8 Å². The number of ketones is 1. The normalized spacial score (nSPS) is 16.2. The fourth-order valence-corrected chi connectivity index (χ4v) is 6.74. The van der Waals surface area contributed by atoms with Gasteiger partial charge in [-0.15, -0.1) is 0 Å². The highest BCUT2D eigenvalue weighted by Gasteiger charge is 2.43. The maximum absolute atomic E-state index is 16.6. The zero-order valence-corrected chi connectivity index (χ0v) is 25.4. The van der Waals surface area contributed by atoms with E-state index in [1.165, 1.54) is 12.3 Å². The molecule has 44 heavy (non-hydrogen) atoms. The molecule has 0 N–H and O–H groups in total. The van der Waals surface area contributed by atoms with Crippen LogP contribution in [0.15, 0.2) is 67.3 Å². The average Bonchev–Trinajstić information content (AvgIpc) is 3.97. The van der Waals surface area contributed by atoms with Crippen LogP contribution in [0.5, 0.6) is 5.75 Å². The predicted molar refractivity (Wildman–Crippen MR) is 162 cm³/mol. The Kier molecular flexibility index (Phi) is 8.10. The van der Waals surface area contributed by atoms with Gasteiger partial charge in [-0.1, -0.05) is 19.1 Å². The Balaban J connectivity index is 1.23. The van der Waals surface area contributed by atoms with E-state index in [-0.39, 0.29) is 31.0 Å². The Bertz CT molecular complexity index is 1760. The summed E-state index contributed by atoms with van der Waals surface area (Å²) in [5, 5.41) is -0.549. The van der Waals surface area contributed by atoms with Crippen LogP contribution >= 0.6 is 0 Å². The molecule has 0 bridgehead atoms. The Labute approximate surface area is 255 Å². The number of carbonyl (C=O) groups is 1. The minimum Gasteiger partial charge on any atom is -0.497 e. The van der Waals surface area contributed by atoms with Crippen molar-refractivity contribution in [1.29, 1.82) is 0 Å². The zero-order chi connectivity index (χ0) is 30.9. The number of halogens is 1. The standard InChI is InChI=1S/C32H33FN6O4S/c1-3-32(33,30(40)16-24-9-8-23(17-36-24)28-19-34-18-27(37-28)22-6-7-22)29-14-15-35-31(38-29)39(44(41,42)26-12-13-26)20-21-4-10-25(43-2)11-5-21/h4-5,8-11,14-15,17-19,22,26H,3,6-7,12-13,16,20H2,1-2H3. The van der Waals surface area contributed by atoms with E-state index in [1.54, 1.807) is 69.0 Å². The zero-order valence-electron chi connectivity index (χ0n) is 24.6. The third-order valence-corrected chi connectivity index (χ3v) is 10.3. The number of hydrogen-bond acceptors (Lipinski definition) is 9. The summed E-state index contributed by atoms with van der Waals surface area (Å²) in [4.78, 5) is 35.4. The molecule has 6 rings (SSSR count). The van der Waals surface area contributed by atoms with Crippen LogP contribution in [-0.4, -0.2) is 51.5 Å². The Morgan fingerprint density at radius 3 is 2.41 bits per heavy atom. The smallest absolute Gasteiger partial charge is 0.240 e. The first-order valence-corrected chi connectivity index (χ1v) is 16.2. The number of methoxy groups -OCH3 is 1. The summed E-state index contributed by atoms with van der Waals surface area (Å²) in [5.41, 5.74) is 0.828. The van der Waals surface area contributed by atoms with E-state index < -0.39 is 26.7 Å². The van der Waals surface area contributed by atoms with Crippen molar-refractivity contribution in [3.8, 4) is 17.0 Å². The SMILES string of the molecule is CCC(F)(C(=O)Cc1ccc(-c2cncc(C3CC3)n2)cn1)c1ccnc(N(Cc2ccc(OC)cc2)S(=O)(=O)C2CC2)n1. The van der Waals surface area contributed by atoms with Crippen LogP contribution in [0.25, 0.3) is 11.3 Å². The molecule has 1 atom stereocenters. The predicted octanol–water partition coefficient (Wildman–Crippen LogP) is 5.10. The summed E-state index contributed by atoms with van der Waals surface area (Å²) in [6, 6.07) is 11.8. The lowest BCUT2D eigenvalue weighted by Crippen LogP contribution is -2.37. The van der Waals surface area contributed by atoms with E-state index in [2.05, 4.69) is 24.9 Å². The van der Waals surface area contributed by atoms with Gasteiger partial charge in [0.1, 0.15) is 5.75 Å². The number of hydrogen-bond donors (Lipinski definition) is 0. The Morgan fingerprint density at radius 2 is 1.77 bits per heavy atom. The first-order valence-electron chi connectivity index (χ1n) is 14.7. The first kappa shape index (κ1) is 29.7. The molecule has 228 valence electrons. The van der Waals surface area contributed by atoms with Crippen LogP contribution < -0.4 is 9.04 Å². The Morgan fingerprint density at radius 1 is 1.00 bits per heavy atom. The van der Waals surface area contributed by atoms with Crippen molar-refractivity contribution in [2.75, 3.05) is 11.4 Å². The van der Waals surface area contributed by atoms with E-state index in [9.17, 15) is 13.2 Å². The van der Waals surface area contributed by atoms with E-state index >= 15 is 4.39 Å². The first-order chi connectivity index (χ1) is 21.2. The summed E-state index contributed by atoms with van der Waals surface area (Å²) >= 11 is 0. The monoisotopic (exact) mass is 616 g/mol. The maximum Gasteiger partial charge on any atom is 0.240 e. The number of ether oxygens (including phenoxy) is 1. The van der Waals surface area contributed by atoms with Crippen LogP contribution in [0.4, 0.5) is 10.3 Å². The van der Waals surface area contributed by atoms with Crippen molar-refractivity contribution in [1.82, 2.24) is 24.9 Å². The van der Waals surface area contributed by atoms with Crippen LogP contribution in [0.3, 0.4) is 0 Å². The van der Waals surface area contributed by atoms with Gasteiger partial charge in [0.25, 0.3) is 0 Å². The van der Waals surface area contributed by atoms with Crippen molar-refractivity contribution in [3.63, 3.8) is 0 Å². The molecule has 0 spiro atoms. The molecule has 0 radical (unpaired) electrons. The highest BCUT2D eigenvalue weighted by Crippen LogP contribution is 2.39. The van der Waals surface area contributed by atoms with E-state index in [4.69, 9.17) is 4.74 Å². The van der Waals surface area contributed by atoms with Crippen molar-refractivity contribution < 1.29 is 22.3 Å². The van der Waals surface area contributed by atoms with Gasteiger partial charge in [0.2, 0.25) is 21.6 Å². The second-order valence-corrected chi connectivity index (χ2v) is 13.4. The topological polar surface area (TPSA) is 128 Å². The number of rotatable bonds is 13. The number of sulfonamides is 1. The lowest BCUT2D eigenvalue weighted by atomic mass is 9.90. The van der Waals surface area contributed by atoms with E-state index in [1.807, 2.05) is 0 Å². The fourth-order valence-electron chi connectivity index (χ4n) is 5.01. The van der Waals surface area contributed by atoms with Gasteiger partial charge in [-0.05, 0) is 68.0 Å². The molecule has 2 aliphatic carbocycles. The van der Waals surface area contributed by atoms with Gasteiger partial charge in [-0.3, -0.25) is 14.8 Å². The second kappa shape index (κ2) is 12.0. The quantitative estimate of drug-likeness (QED) is 0.202. The van der Waals surface area contributed by atoms with Gasteiger partial charge in [0.05, 0.1) is 48.6 Å². The lowest BCUT2D eigenvalue weighted by Gasteiger charge is -2.26. The summed E-state index contributed by atoms with van der Waals surface area (Å²) in [6.07, 6.45) is 9.19. The molecule has 2 fully saturated rings. The minimum atomic E-state index is -3.81. The number of aromatic nitrogens is 5. The molecule has 10 nitrogen and oxygen atoms in total. The van der Waals surface area contributed by atoms with E-state index in [0.717, 1.165) is 28.4 Å². The lowest BCUT2D eigenvalue weighted by molar-refractivity contribution is -0.131. The van der Waals surface area contributed by atoms with Crippen LogP contribution in [0.2, 0.25) is 0 Å². The van der Waals surface area contributed by atoms with Crippen LogP contribution in [0, 0.1) is 0 Å². The highest BCUT2D eigenvalue weighted by molar-refractivity contribution is 7.93. The van der Waals surface area contributed by atoms with Crippen molar-refractivity contribution in [2.24, 2.45) is 0 Å². The molecule has 4 aromatic rings. The molecule has 0 aliphatic heterocycles. The number of anilines is 1. The summed E-state index contributed by atoms with van der Waals surface area (Å²) < 4.78 is 49.8. The largest absolute Gasteiger partial charge is 0.497 e. The molecule has 3 heterocycles. The molecule has 1 aromatic carbocycles. The van der Waals surface area contributed by atoms with E-state index in [0.29, 0.717) is 41.5 Å². The van der Waals surface area contributed by atoms with Crippen molar-refractivity contribution in [3.05, 3.63) is 89.9 Å². The molecule has 2 saturated carbocycles. The van der Waals surface area contributed by atoms with Gasteiger partial charge in [-0.2, -0.15) is 0 Å². The third-order valence-electron chi connectivity index (χ3n) is 8.05. The minimum absolute atomic E-state index is 0.0458. The molecule has 0 amide bonds. The number of nitrogens with zero attached hydrogens (tertiary/aromatic N) is 6. The van der Waals surface area contributed by atoms with Gasteiger partial charge < -0.3 is 4.74 Å². The summed E-state index contributed by atoms with van der Waals surface area (Å²) in [7, 11) is -2.27. The van der Waals surface area contributed by atoms with Crippen molar-refractivity contribution >= 4 is 21.8 Å². The van der Waals surface area contributed by atoms with Crippen LogP contribution in [-0.2, 0) is 33.5 Å². The molecular formula is C32H33FN6O4S.